The lowest BCUT2D eigenvalue weighted by atomic mass is 10.1. The van der Waals surface area contributed by atoms with Gasteiger partial charge in [-0.25, -0.2) is 0 Å². The molecule has 0 radical (unpaired) electrons. The highest BCUT2D eigenvalue weighted by Crippen LogP contribution is 2.36. The molecule has 1 fully saturated rings. The number of amides is 1. The third-order valence-electron chi connectivity index (χ3n) is 5.23. The summed E-state index contributed by atoms with van der Waals surface area (Å²) < 4.78 is 51.1. The highest BCUT2D eigenvalue weighted by Gasteiger charge is 2.33. The molecule has 2 aliphatic heterocycles. The second-order valence-corrected chi connectivity index (χ2v) is 7.37. The minimum absolute atomic E-state index is 0.0222. The van der Waals surface area contributed by atoms with Crippen molar-refractivity contribution in [1.82, 2.24) is 4.90 Å². The Balaban J connectivity index is 1.57. The molecule has 0 bridgehead atoms. The maximum absolute atomic E-state index is 13.3. The maximum Gasteiger partial charge on any atom is 0.416 e. The predicted molar refractivity (Wildman–Crippen MR) is 106 cm³/mol. The molecule has 2 heterocycles. The molecule has 160 valence electrons. The molecular weight excluding hydrogens is 399 g/mol. The first-order valence-electron chi connectivity index (χ1n) is 9.65. The Labute approximate surface area is 172 Å². The summed E-state index contributed by atoms with van der Waals surface area (Å²) in [5.74, 6) is 0.394. The monoisotopic (exact) mass is 421 g/mol. The van der Waals surface area contributed by atoms with Gasteiger partial charge < -0.3 is 24.6 Å². The molecule has 1 amide bonds. The van der Waals surface area contributed by atoms with E-state index in [4.69, 9.17) is 9.47 Å². The van der Waals surface area contributed by atoms with Crippen LogP contribution in [0.2, 0.25) is 0 Å². The number of nitrogens with one attached hydrogen (secondary N) is 1. The molecule has 0 aliphatic carbocycles. The number of anilines is 2. The standard InChI is InChI=1S/C21H22F3N3O3/c1-26-8-10-27(11-9-26)16-7-6-14(21(22,23)24)12-15(16)25-20(28)19-13-29-17-4-2-3-5-18(17)30-19/h2-7,12,19H,8-11,13H2,1H3,(H,25,28)/t19-/m1/s1. The quantitative estimate of drug-likeness (QED) is 0.825. The van der Waals surface area contributed by atoms with Crippen molar-refractivity contribution in [2.75, 3.05) is 50.1 Å². The molecule has 2 aromatic carbocycles. The van der Waals surface area contributed by atoms with Gasteiger partial charge in [-0.05, 0) is 37.4 Å². The van der Waals surface area contributed by atoms with Gasteiger partial charge >= 0.3 is 6.18 Å². The Morgan fingerprint density at radius 3 is 2.47 bits per heavy atom. The molecule has 1 N–H and O–H groups in total. The van der Waals surface area contributed by atoms with Crippen molar-refractivity contribution in [2.24, 2.45) is 0 Å². The van der Waals surface area contributed by atoms with Gasteiger partial charge in [0.15, 0.2) is 11.5 Å². The zero-order valence-electron chi connectivity index (χ0n) is 16.4. The van der Waals surface area contributed by atoms with Crippen LogP contribution in [0.1, 0.15) is 5.56 Å². The van der Waals surface area contributed by atoms with Crippen LogP contribution in [-0.4, -0.2) is 56.7 Å². The molecule has 1 atom stereocenters. The van der Waals surface area contributed by atoms with E-state index in [1.165, 1.54) is 6.07 Å². The van der Waals surface area contributed by atoms with Crippen molar-refractivity contribution in [1.29, 1.82) is 0 Å². The zero-order valence-corrected chi connectivity index (χ0v) is 16.4. The summed E-state index contributed by atoms with van der Waals surface area (Å²) in [7, 11) is 1.99. The Kier molecular flexibility index (Phi) is 5.46. The lowest BCUT2D eigenvalue weighted by molar-refractivity contribution is -0.137. The fraction of sp³-hybridized carbons (Fsp3) is 0.381. The number of carbonyl (C=O) groups excluding carboxylic acids is 1. The summed E-state index contributed by atoms with van der Waals surface area (Å²) in [6.07, 6.45) is -5.47. The number of para-hydroxylation sites is 2. The smallest absolute Gasteiger partial charge is 0.416 e. The molecule has 4 rings (SSSR count). The van der Waals surface area contributed by atoms with Crippen LogP contribution in [0.3, 0.4) is 0 Å². The van der Waals surface area contributed by atoms with Crippen molar-refractivity contribution in [3.63, 3.8) is 0 Å². The van der Waals surface area contributed by atoms with Gasteiger partial charge in [0.05, 0.1) is 16.9 Å². The number of carbonyl (C=O) groups is 1. The van der Waals surface area contributed by atoms with Crippen LogP contribution in [0.15, 0.2) is 42.5 Å². The van der Waals surface area contributed by atoms with E-state index in [9.17, 15) is 18.0 Å². The Hall–Kier alpha value is -2.94. The zero-order chi connectivity index (χ0) is 21.3. The third-order valence-corrected chi connectivity index (χ3v) is 5.23. The van der Waals surface area contributed by atoms with Crippen molar-refractivity contribution in [3.05, 3.63) is 48.0 Å². The minimum atomic E-state index is -4.51. The first-order chi connectivity index (χ1) is 14.3. The first-order valence-corrected chi connectivity index (χ1v) is 9.65. The van der Waals surface area contributed by atoms with Crippen LogP contribution in [0.25, 0.3) is 0 Å². The molecule has 0 aromatic heterocycles. The fourth-order valence-corrected chi connectivity index (χ4v) is 3.50. The van der Waals surface area contributed by atoms with Gasteiger partial charge in [-0.15, -0.1) is 0 Å². The number of fused-ring (bicyclic) bond motifs is 1. The van der Waals surface area contributed by atoms with E-state index in [1.807, 2.05) is 11.9 Å². The van der Waals surface area contributed by atoms with Gasteiger partial charge in [0.25, 0.3) is 5.91 Å². The maximum atomic E-state index is 13.3. The summed E-state index contributed by atoms with van der Waals surface area (Å²) >= 11 is 0. The topological polar surface area (TPSA) is 54.0 Å². The summed E-state index contributed by atoms with van der Waals surface area (Å²) in [5, 5.41) is 2.63. The number of piperazine rings is 1. The molecule has 2 aliphatic rings. The van der Waals surface area contributed by atoms with Gasteiger partial charge in [-0.3, -0.25) is 4.79 Å². The molecule has 30 heavy (non-hydrogen) atoms. The molecule has 2 aromatic rings. The van der Waals surface area contributed by atoms with E-state index in [2.05, 4.69) is 10.2 Å². The number of nitrogens with zero attached hydrogens (tertiary/aromatic N) is 2. The van der Waals surface area contributed by atoms with Crippen molar-refractivity contribution < 1.29 is 27.4 Å². The minimum Gasteiger partial charge on any atom is -0.485 e. The lowest BCUT2D eigenvalue weighted by Gasteiger charge is -2.35. The number of likely N-dealkylation sites (N-methyl/N-ethyl adjacent to an activating group) is 1. The first kappa shape index (κ1) is 20.3. The number of rotatable bonds is 3. The predicted octanol–water partition coefficient (Wildman–Crippen LogP) is 3.24. The number of benzene rings is 2. The van der Waals surface area contributed by atoms with Gasteiger partial charge in [-0.1, -0.05) is 12.1 Å². The van der Waals surface area contributed by atoms with Gasteiger partial charge in [0.2, 0.25) is 6.10 Å². The van der Waals surface area contributed by atoms with E-state index in [0.717, 1.165) is 25.2 Å². The van der Waals surface area contributed by atoms with Crippen molar-refractivity contribution in [3.8, 4) is 11.5 Å². The second-order valence-electron chi connectivity index (χ2n) is 7.37. The normalized spacial score (nSPS) is 19.5. The molecular formula is C21H22F3N3O3. The van der Waals surface area contributed by atoms with Crippen LogP contribution in [0.5, 0.6) is 11.5 Å². The van der Waals surface area contributed by atoms with Gasteiger partial charge in [-0.2, -0.15) is 13.2 Å². The number of hydrogen-bond donors (Lipinski definition) is 1. The van der Waals surface area contributed by atoms with Crippen LogP contribution in [-0.2, 0) is 11.0 Å². The Morgan fingerprint density at radius 1 is 1.07 bits per heavy atom. The van der Waals surface area contributed by atoms with Crippen LogP contribution in [0.4, 0.5) is 24.5 Å². The van der Waals surface area contributed by atoms with E-state index in [1.54, 1.807) is 24.3 Å². The average Bonchev–Trinajstić information content (AvgIpc) is 2.73. The molecule has 1 saturated heterocycles. The summed E-state index contributed by atoms with van der Waals surface area (Å²) in [5.41, 5.74) is -0.148. The van der Waals surface area contributed by atoms with Crippen LogP contribution >= 0.6 is 0 Å². The van der Waals surface area contributed by atoms with Crippen molar-refractivity contribution >= 4 is 17.3 Å². The van der Waals surface area contributed by atoms with E-state index >= 15 is 0 Å². The number of alkyl halides is 3. The number of hydrogen-bond acceptors (Lipinski definition) is 5. The molecule has 0 spiro atoms. The van der Waals surface area contributed by atoms with Crippen molar-refractivity contribution in [2.45, 2.75) is 12.3 Å². The van der Waals surface area contributed by atoms with Crippen LogP contribution < -0.4 is 19.7 Å². The Bertz CT molecular complexity index is 927. The molecule has 6 nitrogen and oxygen atoms in total. The average molecular weight is 421 g/mol. The van der Waals surface area contributed by atoms with E-state index in [-0.39, 0.29) is 12.3 Å². The number of halogens is 3. The third kappa shape index (κ3) is 4.30. The van der Waals surface area contributed by atoms with E-state index < -0.39 is 23.8 Å². The highest BCUT2D eigenvalue weighted by atomic mass is 19.4. The summed E-state index contributed by atoms with van der Waals surface area (Å²) in [6.45, 7) is 2.85. The van der Waals surface area contributed by atoms with Crippen LogP contribution in [0, 0.1) is 0 Å². The summed E-state index contributed by atoms with van der Waals surface area (Å²) in [6, 6.07) is 10.4. The summed E-state index contributed by atoms with van der Waals surface area (Å²) in [4.78, 5) is 16.9. The Morgan fingerprint density at radius 2 is 1.77 bits per heavy atom. The molecule has 9 heteroatoms. The molecule has 0 unspecified atom stereocenters. The van der Waals surface area contributed by atoms with Gasteiger partial charge in [0, 0.05) is 26.2 Å². The highest BCUT2D eigenvalue weighted by molar-refractivity contribution is 5.98. The SMILES string of the molecule is CN1CCN(c2ccc(C(F)(F)F)cc2NC(=O)[C@H]2COc3ccccc3O2)CC1. The van der Waals surface area contributed by atoms with Gasteiger partial charge in [0.1, 0.15) is 6.61 Å². The largest absolute Gasteiger partial charge is 0.485 e. The van der Waals surface area contributed by atoms with E-state index in [0.29, 0.717) is 30.3 Å². The second kappa shape index (κ2) is 8.06. The fourth-order valence-electron chi connectivity index (χ4n) is 3.50. The number of ether oxygens (including phenoxy) is 2. The molecule has 0 saturated carbocycles. The lowest BCUT2D eigenvalue weighted by Crippen LogP contribution is -2.45.